The Morgan fingerprint density at radius 2 is 2.08 bits per heavy atom. The molecule has 0 saturated carbocycles. The van der Waals surface area contributed by atoms with Crippen LogP contribution in [0.5, 0.6) is 5.75 Å². The van der Waals surface area contributed by atoms with Gasteiger partial charge in [0.25, 0.3) is 5.90 Å². The van der Waals surface area contributed by atoms with E-state index in [-0.39, 0.29) is 5.90 Å². The van der Waals surface area contributed by atoms with Gasteiger partial charge in [0, 0.05) is 12.6 Å². The highest BCUT2D eigenvalue weighted by molar-refractivity contribution is 6.48. The molecule has 0 atom stereocenters. The van der Waals surface area contributed by atoms with Gasteiger partial charge >= 0.3 is 0 Å². The molecule has 0 aliphatic carbocycles. The Morgan fingerprint density at radius 1 is 1.31 bits per heavy atom. The Balaban J connectivity index is 2.59. The predicted molar refractivity (Wildman–Crippen MR) is 48.8 cm³/mol. The third-order valence-electron chi connectivity index (χ3n) is 1.87. The van der Waals surface area contributed by atoms with Gasteiger partial charge in [-0.25, -0.2) is 0 Å². The molecule has 0 aromatic heterocycles. The zero-order valence-corrected chi connectivity index (χ0v) is 7.06. The van der Waals surface area contributed by atoms with Gasteiger partial charge < -0.3 is 9.94 Å². The number of fused-ring (bicyclic) bond motifs is 1. The van der Waals surface area contributed by atoms with Crippen molar-refractivity contribution in [2.24, 2.45) is 10.1 Å². The summed E-state index contributed by atoms with van der Waals surface area (Å²) >= 11 is 0. The minimum atomic E-state index is 0.156. The highest BCUT2D eigenvalue weighted by Crippen LogP contribution is 2.25. The summed E-state index contributed by atoms with van der Waals surface area (Å²) in [6, 6.07) is 7.41. The molecule has 0 amide bonds. The maximum Gasteiger partial charge on any atom is 0.281 e. The quantitative estimate of drug-likeness (QED) is 0.478. The number of hydrogen-bond donors (Lipinski definition) is 1. The maximum absolute atomic E-state index is 8.62. The van der Waals surface area contributed by atoms with Crippen LogP contribution in [0.25, 0.3) is 0 Å². The van der Waals surface area contributed by atoms with Crippen LogP contribution in [-0.4, -0.2) is 23.9 Å². The lowest BCUT2D eigenvalue weighted by molar-refractivity contribution is 0.307. The monoisotopic (exact) mass is 176 g/mol. The first-order chi connectivity index (χ1) is 6.36. The number of nitrogens with zero attached hydrogens (tertiary/aromatic N) is 2. The number of benzene rings is 1. The topological polar surface area (TPSA) is 54.2 Å². The molecule has 0 saturated heterocycles. The zero-order valence-electron chi connectivity index (χ0n) is 7.06. The fourth-order valence-corrected chi connectivity index (χ4v) is 1.30. The molecule has 1 aliphatic heterocycles. The van der Waals surface area contributed by atoms with Crippen LogP contribution in [0.2, 0.25) is 0 Å². The van der Waals surface area contributed by atoms with Gasteiger partial charge in [-0.05, 0) is 17.3 Å². The molecule has 0 bridgehead atoms. The normalized spacial score (nSPS) is 20.4. The standard InChI is InChI=1S/C9H8N2O2/c1-10-8-6-4-2-3-5-7(6)13-9(8)11-12/h2-5,12H,1H3/b10-8-,11-9-. The van der Waals surface area contributed by atoms with Crippen molar-refractivity contribution in [1.29, 1.82) is 0 Å². The van der Waals surface area contributed by atoms with E-state index in [0.29, 0.717) is 11.5 Å². The number of rotatable bonds is 0. The molecule has 4 heteroatoms. The smallest absolute Gasteiger partial charge is 0.281 e. The average molecular weight is 176 g/mol. The second-order valence-corrected chi connectivity index (χ2v) is 2.58. The van der Waals surface area contributed by atoms with Crippen LogP contribution in [0, 0.1) is 0 Å². The van der Waals surface area contributed by atoms with Crippen molar-refractivity contribution in [1.82, 2.24) is 0 Å². The molecular formula is C9H8N2O2. The summed E-state index contributed by atoms with van der Waals surface area (Å²) in [6.45, 7) is 0. The summed E-state index contributed by atoms with van der Waals surface area (Å²) in [5, 5.41) is 11.6. The van der Waals surface area contributed by atoms with Gasteiger partial charge in [0.2, 0.25) is 0 Å². The Morgan fingerprint density at radius 3 is 2.77 bits per heavy atom. The first-order valence-electron chi connectivity index (χ1n) is 3.83. The van der Waals surface area contributed by atoms with E-state index in [1.165, 1.54) is 0 Å². The van der Waals surface area contributed by atoms with E-state index in [0.717, 1.165) is 5.56 Å². The maximum atomic E-state index is 8.62. The molecule has 4 nitrogen and oxygen atoms in total. The Kier molecular flexibility index (Phi) is 1.73. The number of hydrogen-bond acceptors (Lipinski definition) is 4. The van der Waals surface area contributed by atoms with E-state index in [2.05, 4.69) is 10.1 Å². The van der Waals surface area contributed by atoms with Gasteiger partial charge in [-0.15, -0.1) is 0 Å². The minimum Gasteiger partial charge on any atom is -0.434 e. The highest BCUT2D eigenvalue weighted by atomic mass is 16.5. The number of oxime groups is 1. The van der Waals surface area contributed by atoms with E-state index in [1.54, 1.807) is 13.1 Å². The summed E-state index contributed by atoms with van der Waals surface area (Å²) in [4.78, 5) is 3.98. The van der Waals surface area contributed by atoms with Crippen LogP contribution >= 0.6 is 0 Å². The lowest BCUT2D eigenvalue weighted by Gasteiger charge is -1.92. The lowest BCUT2D eigenvalue weighted by Crippen LogP contribution is -2.13. The summed E-state index contributed by atoms with van der Waals surface area (Å²) in [5.74, 6) is 0.833. The van der Waals surface area contributed by atoms with E-state index in [1.807, 2.05) is 18.2 Å². The third kappa shape index (κ3) is 1.07. The number of aliphatic imine (C=N–C) groups is 1. The van der Waals surface area contributed by atoms with Crippen LogP contribution < -0.4 is 4.74 Å². The molecule has 2 rings (SSSR count). The molecule has 0 radical (unpaired) electrons. The summed E-state index contributed by atoms with van der Waals surface area (Å²) < 4.78 is 5.23. The van der Waals surface area contributed by atoms with Gasteiger partial charge in [0.15, 0.2) is 0 Å². The number of ether oxygens (including phenoxy) is 1. The zero-order chi connectivity index (χ0) is 9.26. The molecule has 13 heavy (non-hydrogen) atoms. The molecule has 66 valence electrons. The van der Waals surface area contributed by atoms with Crippen LogP contribution in [-0.2, 0) is 0 Å². The van der Waals surface area contributed by atoms with Crippen LogP contribution in [0.4, 0.5) is 0 Å². The molecule has 0 fully saturated rings. The van der Waals surface area contributed by atoms with E-state index < -0.39 is 0 Å². The van der Waals surface area contributed by atoms with Crippen LogP contribution in [0.15, 0.2) is 34.4 Å². The Hall–Kier alpha value is -1.84. The second-order valence-electron chi connectivity index (χ2n) is 2.58. The van der Waals surface area contributed by atoms with Gasteiger partial charge in [0.05, 0.1) is 0 Å². The molecule has 1 aliphatic rings. The second kappa shape index (κ2) is 2.90. The average Bonchev–Trinajstić information content (AvgIpc) is 2.55. The molecular weight excluding hydrogens is 168 g/mol. The van der Waals surface area contributed by atoms with Gasteiger partial charge in [-0.3, -0.25) is 4.99 Å². The first kappa shape index (κ1) is 7.79. The lowest BCUT2D eigenvalue weighted by atomic mass is 10.1. The molecule has 0 spiro atoms. The van der Waals surface area contributed by atoms with Crippen LogP contribution in [0.1, 0.15) is 5.56 Å². The summed E-state index contributed by atoms with van der Waals surface area (Å²) in [6.07, 6.45) is 0. The van der Waals surface area contributed by atoms with Crippen LogP contribution in [0.3, 0.4) is 0 Å². The molecule has 0 unspecified atom stereocenters. The largest absolute Gasteiger partial charge is 0.434 e. The fraction of sp³-hybridized carbons (Fsp3) is 0.111. The molecule has 1 N–H and O–H groups in total. The third-order valence-corrected chi connectivity index (χ3v) is 1.87. The van der Waals surface area contributed by atoms with Crippen molar-refractivity contribution in [3.8, 4) is 5.75 Å². The Bertz CT molecular complexity index is 396. The van der Waals surface area contributed by atoms with Crippen molar-refractivity contribution in [2.45, 2.75) is 0 Å². The molecule has 1 heterocycles. The van der Waals surface area contributed by atoms with Gasteiger partial charge in [-0.1, -0.05) is 12.1 Å². The van der Waals surface area contributed by atoms with E-state index >= 15 is 0 Å². The fourth-order valence-electron chi connectivity index (χ4n) is 1.30. The summed E-state index contributed by atoms with van der Waals surface area (Å²) in [7, 11) is 1.63. The van der Waals surface area contributed by atoms with Crippen molar-refractivity contribution in [3.63, 3.8) is 0 Å². The Labute approximate surface area is 75.2 Å². The van der Waals surface area contributed by atoms with E-state index in [4.69, 9.17) is 9.94 Å². The van der Waals surface area contributed by atoms with Crippen molar-refractivity contribution in [3.05, 3.63) is 29.8 Å². The van der Waals surface area contributed by atoms with Gasteiger partial charge in [-0.2, -0.15) is 0 Å². The van der Waals surface area contributed by atoms with Crippen molar-refractivity contribution >= 4 is 11.6 Å². The highest BCUT2D eigenvalue weighted by Gasteiger charge is 2.25. The predicted octanol–water partition coefficient (Wildman–Crippen LogP) is 1.29. The molecule has 1 aromatic rings. The van der Waals surface area contributed by atoms with Gasteiger partial charge in [0.1, 0.15) is 11.5 Å². The molecule has 1 aromatic carbocycles. The van der Waals surface area contributed by atoms with Crippen molar-refractivity contribution < 1.29 is 9.94 Å². The van der Waals surface area contributed by atoms with E-state index in [9.17, 15) is 0 Å². The van der Waals surface area contributed by atoms with Crippen molar-refractivity contribution in [2.75, 3.05) is 7.05 Å². The SMILES string of the molecule is C/N=C1\C(=N\O)Oc2ccccc21. The summed E-state index contributed by atoms with van der Waals surface area (Å²) in [5.41, 5.74) is 1.44. The minimum absolute atomic E-state index is 0.156. The number of para-hydroxylation sites is 1. The first-order valence-corrected chi connectivity index (χ1v) is 3.83.